The molecule has 2 aromatic heterocycles. The number of H-pyrrole nitrogens is 1. The van der Waals surface area contributed by atoms with E-state index < -0.39 is 0 Å². The number of nitrogens with zero attached hydrogens (tertiary/aromatic N) is 1. The lowest BCUT2D eigenvalue weighted by Crippen LogP contribution is -2.17. The Kier molecular flexibility index (Phi) is 3.91. The molecule has 0 saturated carbocycles. The maximum atomic E-state index is 12.3. The zero-order valence-corrected chi connectivity index (χ0v) is 13.4. The molecule has 0 aliphatic carbocycles. The quantitative estimate of drug-likeness (QED) is 0.920. The number of rotatable bonds is 2. The number of aromatic amines is 1. The Morgan fingerprint density at radius 1 is 1.42 bits per heavy atom. The predicted molar refractivity (Wildman–Crippen MR) is 86.9 cm³/mol. The first-order valence-corrected chi connectivity index (χ1v) is 9.45. The number of nitrogens with one attached hydrogen (secondary N) is 1. The van der Waals surface area contributed by atoms with Gasteiger partial charge in [-0.2, -0.15) is 11.8 Å². The summed E-state index contributed by atoms with van der Waals surface area (Å²) >= 11 is 5.42. The standard InChI is InChI=1S/C13H16N2OS3/c1-7(2)8-5-19-13-10(8)12(16)14-11(15-13)9-6-17-3-4-18-9/h5,7,9H,3-4,6H2,1-2H3,(H,14,15,16)/t9-/m0/s1. The third-order valence-corrected chi connectivity index (χ3v) is 6.89. The monoisotopic (exact) mass is 312 g/mol. The number of thioether (sulfide) groups is 2. The van der Waals surface area contributed by atoms with Crippen LogP contribution in [-0.4, -0.2) is 27.2 Å². The van der Waals surface area contributed by atoms with Crippen molar-refractivity contribution in [2.24, 2.45) is 0 Å². The highest BCUT2D eigenvalue weighted by atomic mass is 32.2. The second-order valence-electron chi connectivity index (χ2n) is 4.91. The van der Waals surface area contributed by atoms with Crippen molar-refractivity contribution in [2.45, 2.75) is 25.0 Å². The number of hydrogen-bond acceptors (Lipinski definition) is 5. The molecule has 0 unspecified atom stereocenters. The van der Waals surface area contributed by atoms with Gasteiger partial charge in [-0.1, -0.05) is 13.8 Å². The molecule has 1 aliphatic rings. The van der Waals surface area contributed by atoms with E-state index in [9.17, 15) is 4.79 Å². The molecular weight excluding hydrogens is 296 g/mol. The minimum absolute atomic E-state index is 0.0288. The van der Waals surface area contributed by atoms with Gasteiger partial charge in [0.15, 0.2) is 0 Å². The normalized spacial score (nSPS) is 20.3. The Bertz CT molecular complexity index is 641. The molecular formula is C13H16N2OS3. The summed E-state index contributed by atoms with van der Waals surface area (Å²) in [6, 6.07) is 0. The van der Waals surface area contributed by atoms with Crippen molar-refractivity contribution in [1.29, 1.82) is 0 Å². The van der Waals surface area contributed by atoms with E-state index in [0.29, 0.717) is 11.2 Å². The average molecular weight is 312 g/mol. The lowest BCUT2D eigenvalue weighted by atomic mass is 10.0. The van der Waals surface area contributed by atoms with Gasteiger partial charge in [0.05, 0.1) is 10.6 Å². The van der Waals surface area contributed by atoms with E-state index >= 15 is 0 Å². The van der Waals surface area contributed by atoms with Crippen LogP contribution in [-0.2, 0) is 0 Å². The lowest BCUT2D eigenvalue weighted by molar-refractivity contribution is 0.874. The molecule has 1 aliphatic heterocycles. The van der Waals surface area contributed by atoms with Gasteiger partial charge < -0.3 is 4.98 Å². The summed E-state index contributed by atoms with van der Waals surface area (Å²) in [5.41, 5.74) is 1.15. The topological polar surface area (TPSA) is 45.8 Å². The summed E-state index contributed by atoms with van der Waals surface area (Å²) in [5.74, 6) is 4.60. The van der Waals surface area contributed by atoms with E-state index in [1.807, 2.05) is 23.5 Å². The molecule has 1 atom stereocenters. The summed E-state index contributed by atoms with van der Waals surface area (Å²) in [7, 11) is 0. The van der Waals surface area contributed by atoms with E-state index in [0.717, 1.165) is 33.1 Å². The van der Waals surface area contributed by atoms with Crippen LogP contribution < -0.4 is 5.56 Å². The molecule has 0 bridgehead atoms. The van der Waals surface area contributed by atoms with Crippen LogP contribution in [0.4, 0.5) is 0 Å². The van der Waals surface area contributed by atoms with Gasteiger partial charge in [-0.05, 0) is 16.9 Å². The summed E-state index contributed by atoms with van der Waals surface area (Å²) in [5, 5.41) is 3.20. The molecule has 0 aromatic carbocycles. The first kappa shape index (κ1) is 13.5. The van der Waals surface area contributed by atoms with Crippen LogP contribution >= 0.6 is 34.9 Å². The van der Waals surface area contributed by atoms with Gasteiger partial charge in [0.1, 0.15) is 10.7 Å². The van der Waals surface area contributed by atoms with Crippen LogP contribution in [0, 0.1) is 0 Å². The molecule has 3 heterocycles. The fourth-order valence-electron chi connectivity index (χ4n) is 2.21. The maximum Gasteiger partial charge on any atom is 0.259 e. The average Bonchev–Trinajstić information content (AvgIpc) is 2.84. The minimum atomic E-state index is 0.0288. The molecule has 1 fully saturated rings. The zero-order chi connectivity index (χ0) is 13.4. The number of thiophene rings is 1. The van der Waals surface area contributed by atoms with Crippen molar-refractivity contribution in [2.75, 3.05) is 17.3 Å². The van der Waals surface area contributed by atoms with Crippen molar-refractivity contribution in [3.8, 4) is 0 Å². The molecule has 2 aromatic rings. The SMILES string of the molecule is CC(C)c1csc2nc([C@@H]3CSCCS3)[nH]c(=O)c12. The van der Waals surface area contributed by atoms with Gasteiger partial charge >= 0.3 is 0 Å². The first-order valence-electron chi connectivity index (χ1n) is 6.37. The highest BCUT2D eigenvalue weighted by molar-refractivity contribution is 8.06. The summed E-state index contributed by atoms with van der Waals surface area (Å²) in [6.45, 7) is 4.23. The molecule has 1 N–H and O–H groups in total. The second kappa shape index (κ2) is 5.50. The Hall–Kier alpha value is -0.460. The fourth-order valence-corrected chi connectivity index (χ4v) is 5.94. The molecule has 102 valence electrons. The van der Waals surface area contributed by atoms with Crippen molar-refractivity contribution in [3.05, 3.63) is 27.1 Å². The maximum absolute atomic E-state index is 12.3. The Morgan fingerprint density at radius 2 is 2.26 bits per heavy atom. The molecule has 0 amide bonds. The summed E-state index contributed by atoms with van der Waals surface area (Å²) in [4.78, 5) is 20.9. The van der Waals surface area contributed by atoms with Crippen molar-refractivity contribution < 1.29 is 0 Å². The summed E-state index contributed by atoms with van der Waals surface area (Å²) in [6.07, 6.45) is 0. The third-order valence-electron chi connectivity index (χ3n) is 3.23. The highest BCUT2D eigenvalue weighted by Gasteiger charge is 2.21. The number of aromatic nitrogens is 2. The Balaban J connectivity index is 2.07. The van der Waals surface area contributed by atoms with E-state index in [1.165, 1.54) is 5.75 Å². The molecule has 0 spiro atoms. The van der Waals surface area contributed by atoms with Crippen LogP contribution in [0.5, 0.6) is 0 Å². The largest absolute Gasteiger partial charge is 0.309 e. The van der Waals surface area contributed by atoms with Gasteiger partial charge in [0.2, 0.25) is 0 Å². The van der Waals surface area contributed by atoms with Gasteiger partial charge in [-0.25, -0.2) is 4.98 Å². The van der Waals surface area contributed by atoms with E-state index in [1.54, 1.807) is 11.3 Å². The Labute approximate surface area is 124 Å². The van der Waals surface area contributed by atoms with Gasteiger partial charge in [0, 0.05) is 17.3 Å². The van der Waals surface area contributed by atoms with Crippen LogP contribution in [0.1, 0.15) is 36.4 Å². The Morgan fingerprint density at radius 3 is 2.95 bits per heavy atom. The van der Waals surface area contributed by atoms with Crippen LogP contribution in [0.15, 0.2) is 10.2 Å². The molecule has 3 rings (SSSR count). The smallest absolute Gasteiger partial charge is 0.259 e. The zero-order valence-electron chi connectivity index (χ0n) is 10.9. The summed E-state index contributed by atoms with van der Waals surface area (Å²) < 4.78 is 0. The minimum Gasteiger partial charge on any atom is -0.309 e. The molecule has 1 saturated heterocycles. The van der Waals surface area contributed by atoms with Gasteiger partial charge in [-0.3, -0.25) is 4.79 Å². The van der Waals surface area contributed by atoms with E-state index in [2.05, 4.69) is 24.2 Å². The molecule has 3 nitrogen and oxygen atoms in total. The lowest BCUT2D eigenvalue weighted by Gasteiger charge is -2.19. The van der Waals surface area contributed by atoms with Crippen LogP contribution in [0.25, 0.3) is 10.2 Å². The van der Waals surface area contributed by atoms with Crippen LogP contribution in [0.3, 0.4) is 0 Å². The van der Waals surface area contributed by atoms with Crippen molar-refractivity contribution >= 4 is 45.1 Å². The van der Waals surface area contributed by atoms with Crippen LogP contribution in [0.2, 0.25) is 0 Å². The molecule has 19 heavy (non-hydrogen) atoms. The molecule has 0 radical (unpaired) electrons. The van der Waals surface area contributed by atoms with Crippen molar-refractivity contribution in [1.82, 2.24) is 9.97 Å². The van der Waals surface area contributed by atoms with Gasteiger partial charge in [-0.15, -0.1) is 23.1 Å². The second-order valence-corrected chi connectivity index (χ2v) is 8.23. The van der Waals surface area contributed by atoms with Crippen molar-refractivity contribution in [3.63, 3.8) is 0 Å². The number of fused-ring (bicyclic) bond motifs is 1. The number of hydrogen-bond donors (Lipinski definition) is 1. The fraction of sp³-hybridized carbons (Fsp3) is 0.538. The highest BCUT2D eigenvalue weighted by Crippen LogP contribution is 2.36. The first-order chi connectivity index (χ1) is 9.16. The third kappa shape index (κ3) is 2.58. The van der Waals surface area contributed by atoms with Gasteiger partial charge in [0.25, 0.3) is 5.56 Å². The van der Waals surface area contributed by atoms with E-state index in [-0.39, 0.29) is 5.56 Å². The van der Waals surface area contributed by atoms with E-state index in [4.69, 9.17) is 4.98 Å². The molecule has 6 heteroatoms. The predicted octanol–water partition coefficient (Wildman–Crippen LogP) is 3.63.